The monoisotopic (exact) mass is 330 g/mol. The van der Waals surface area contributed by atoms with Crippen molar-refractivity contribution in [3.63, 3.8) is 0 Å². The standard InChI is InChI=1S/C13H10BrF3N2/c14-11(12-18-6-1-7-19-12)8-9-2-4-10(5-3-9)13(15,16)17/h1-7,11H,8H2. The molecule has 2 aromatic rings. The lowest BCUT2D eigenvalue weighted by Crippen LogP contribution is -2.05. The Kier molecular flexibility index (Phi) is 4.19. The predicted molar refractivity (Wildman–Crippen MR) is 68.8 cm³/mol. The van der Waals surface area contributed by atoms with Crippen LogP contribution in [0, 0.1) is 0 Å². The molecule has 0 bridgehead atoms. The van der Waals surface area contributed by atoms with E-state index in [1.807, 2.05) is 0 Å². The van der Waals surface area contributed by atoms with Gasteiger partial charge in [-0.15, -0.1) is 0 Å². The number of aromatic nitrogens is 2. The van der Waals surface area contributed by atoms with E-state index in [1.54, 1.807) is 18.5 Å². The highest BCUT2D eigenvalue weighted by atomic mass is 79.9. The Morgan fingerprint density at radius 2 is 1.63 bits per heavy atom. The van der Waals surface area contributed by atoms with Crippen LogP contribution in [0.4, 0.5) is 13.2 Å². The van der Waals surface area contributed by atoms with Crippen molar-refractivity contribution in [3.8, 4) is 0 Å². The number of halogens is 4. The van der Waals surface area contributed by atoms with Crippen LogP contribution in [0.3, 0.4) is 0 Å². The van der Waals surface area contributed by atoms with Crippen molar-refractivity contribution in [2.75, 3.05) is 0 Å². The lowest BCUT2D eigenvalue weighted by Gasteiger charge is -2.10. The van der Waals surface area contributed by atoms with E-state index in [-0.39, 0.29) is 4.83 Å². The average molecular weight is 331 g/mol. The second-order valence-corrected chi connectivity index (χ2v) is 5.08. The molecule has 2 nitrogen and oxygen atoms in total. The van der Waals surface area contributed by atoms with Gasteiger partial charge in [-0.3, -0.25) is 0 Å². The van der Waals surface area contributed by atoms with Crippen LogP contribution in [0.5, 0.6) is 0 Å². The molecule has 19 heavy (non-hydrogen) atoms. The van der Waals surface area contributed by atoms with Gasteiger partial charge >= 0.3 is 6.18 Å². The molecular formula is C13H10BrF3N2. The first-order chi connectivity index (χ1) is 8.97. The highest BCUT2D eigenvalue weighted by molar-refractivity contribution is 9.09. The van der Waals surface area contributed by atoms with Gasteiger partial charge in [-0.25, -0.2) is 9.97 Å². The second-order valence-electron chi connectivity index (χ2n) is 3.97. The number of benzene rings is 1. The van der Waals surface area contributed by atoms with Gasteiger partial charge in [0.15, 0.2) is 0 Å². The molecule has 1 aromatic heterocycles. The van der Waals surface area contributed by atoms with Crippen molar-refractivity contribution < 1.29 is 13.2 Å². The van der Waals surface area contributed by atoms with Gasteiger partial charge in [0.05, 0.1) is 10.4 Å². The molecule has 0 saturated carbocycles. The second kappa shape index (κ2) is 5.69. The topological polar surface area (TPSA) is 25.8 Å². The summed E-state index contributed by atoms with van der Waals surface area (Å²) < 4.78 is 37.3. The van der Waals surface area contributed by atoms with E-state index < -0.39 is 11.7 Å². The zero-order valence-electron chi connectivity index (χ0n) is 9.73. The van der Waals surface area contributed by atoms with Crippen LogP contribution in [0.25, 0.3) is 0 Å². The highest BCUT2D eigenvalue weighted by Gasteiger charge is 2.30. The summed E-state index contributed by atoms with van der Waals surface area (Å²) in [6.45, 7) is 0. The Morgan fingerprint density at radius 3 is 2.16 bits per heavy atom. The van der Waals surface area contributed by atoms with E-state index in [1.165, 1.54) is 12.1 Å². The van der Waals surface area contributed by atoms with Crippen molar-refractivity contribution in [2.24, 2.45) is 0 Å². The largest absolute Gasteiger partial charge is 0.416 e. The lowest BCUT2D eigenvalue weighted by atomic mass is 10.1. The van der Waals surface area contributed by atoms with Gasteiger partial charge in [0, 0.05) is 12.4 Å². The maximum Gasteiger partial charge on any atom is 0.416 e. The van der Waals surface area contributed by atoms with Crippen LogP contribution in [0.1, 0.15) is 21.8 Å². The summed E-state index contributed by atoms with van der Waals surface area (Å²) >= 11 is 3.43. The maximum absolute atomic E-state index is 12.4. The molecule has 0 aliphatic heterocycles. The molecule has 1 aromatic carbocycles. The molecule has 1 heterocycles. The molecule has 0 N–H and O–H groups in total. The first-order valence-electron chi connectivity index (χ1n) is 5.54. The van der Waals surface area contributed by atoms with Gasteiger partial charge in [0.1, 0.15) is 5.82 Å². The molecule has 6 heteroatoms. The fourth-order valence-electron chi connectivity index (χ4n) is 1.60. The molecule has 100 valence electrons. The average Bonchev–Trinajstić information content (AvgIpc) is 2.39. The van der Waals surface area contributed by atoms with Gasteiger partial charge in [-0.05, 0) is 30.2 Å². The summed E-state index contributed by atoms with van der Waals surface area (Å²) in [5, 5.41) is 0. The van der Waals surface area contributed by atoms with Crippen molar-refractivity contribution in [3.05, 3.63) is 59.7 Å². The molecule has 1 atom stereocenters. The minimum absolute atomic E-state index is 0.120. The third-order valence-corrected chi connectivity index (χ3v) is 3.30. The van der Waals surface area contributed by atoms with E-state index in [2.05, 4.69) is 25.9 Å². The highest BCUT2D eigenvalue weighted by Crippen LogP contribution is 2.30. The molecule has 1 unspecified atom stereocenters. The summed E-state index contributed by atoms with van der Waals surface area (Å²) in [5.74, 6) is 0.613. The Morgan fingerprint density at radius 1 is 1.05 bits per heavy atom. The number of hydrogen-bond acceptors (Lipinski definition) is 2. The van der Waals surface area contributed by atoms with E-state index in [0.29, 0.717) is 12.2 Å². The Balaban J connectivity index is 2.08. The molecule has 2 rings (SSSR count). The molecule has 0 saturated heterocycles. The minimum Gasteiger partial charge on any atom is -0.240 e. The third-order valence-electron chi connectivity index (χ3n) is 2.56. The van der Waals surface area contributed by atoms with Gasteiger partial charge in [0.2, 0.25) is 0 Å². The number of rotatable bonds is 3. The molecule has 0 spiro atoms. The van der Waals surface area contributed by atoms with Gasteiger partial charge < -0.3 is 0 Å². The van der Waals surface area contributed by atoms with Crippen LogP contribution in [0.15, 0.2) is 42.7 Å². The third kappa shape index (κ3) is 3.76. The predicted octanol–water partition coefficient (Wildman–Crippen LogP) is 4.17. The smallest absolute Gasteiger partial charge is 0.240 e. The van der Waals surface area contributed by atoms with Crippen molar-refractivity contribution in [1.82, 2.24) is 9.97 Å². The first kappa shape index (κ1) is 14.0. The lowest BCUT2D eigenvalue weighted by molar-refractivity contribution is -0.137. The Hall–Kier alpha value is -1.43. The maximum atomic E-state index is 12.4. The molecule has 0 radical (unpaired) electrons. The van der Waals surface area contributed by atoms with Crippen molar-refractivity contribution in [2.45, 2.75) is 17.4 Å². The van der Waals surface area contributed by atoms with Gasteiger partial charge in [-0.2, -0.15) is 13.2 Å². The number of hydrogen-bond donors (Lipinski definition) is 0. The van der Waals surface area contributed by atoms with Crippen LogP contribution in [-0.2, 0) is 12.6 Å². The van der Waals surface area contributed by atoms with E-state index in [0.717, 1.165) is 17.7 Å². The zero-order valence-corrected chi connectivity index (χ0v) is 11.3. The zero-order chi connectivity index (χ0) is 13.9. The quantitative estimate of drug-likeness (QED) is 0.789. The normalized spacial score (nSPS) is 13.3. The summed E-state index contributed by atoms with van der Waals surface area (Å²) in [4.78, 5) is 8.07. The van der Waals surface area contributed by atoms with Gasteiger partial charge in [-0.1, -0.05) is 28.1 Å². The fourth-order valence-corrected chi connectivity index (χ4v) is 2.21. The summed E-state index contributed by atoms with van der Waals surface area (Å²) in [6.07, 6.45) is -0.510. The SMILES string of the molecule is FC(F)(F)c1ccc(CC(Br)c2ncccn2)cc1. The van der Waals surface area contributed by atoms with E-state index in [9.17, 15) is 13.2 Å². The molecule has 0 fully saturated rings. The summed E-state index contributed by atoms with van der Waals surface area (Å²) in [7, 11) is 0. The van der Waals surface area contributed by atoms with E-state index in [4.69, 9.17) is 0 Å². The molecular weight excluding hydrogens is 321 g/mol. The summed E-state index contributed by atoms with van der Waals surface area (Å²) in [5.41, 5.74) is 0.153. The van der Waals surface area contributed by atoms with E-state index >= 15 is 0 Å². The molecule has 0 amide bonds. The van der Waals surface area contributed by atoms with Crippen molar-refractivity contribution in [1.29, 1.82) is 0 Å². The Labute approximate surface area is 116 Å². The Bertz CT molecular complexity index is 526. The van der Waals surface area contributed by atoms with Crippen LogP contribution >= 0.6 is 15.9 Å². The molecule has 0 aliphatic carbocycles. The number of alkyl halides is 4. The fraction of sp³-hybridized carbons (Fsp3) is 0.231. The van der Waals surface area contributed by atoms with Crippen LogP contribution in [0.2, 0.25) is 0 Å². The molecule has 0 aliphatic rings. The van der Waals surface area contributed by atoms with Crippen LogP contribution in [-0.4, -0.2) is 9.97 Å². The first-order valence-corrected chi connectivity index (χ1v) is 6.45. The number of nitrogens with zero attached hydrogens (tertiary/aromatic N) is 2. The summed E-state index contributed by atoms with van der Waals surface area (Å²) in [6, 6.07) is 6.82. The van der Waals surface area contributed by atoms with Gasteiger partial charge in [0.25, 0.3) is 0 Å². The van der Waals surface area contributed by atoms with Crippen LogP contribution < -0.4 is 0 Å². The minimum atomic E-state index is -4.30. The van der Waals surface area contributed by atoms with Crippen molar-refractivity contribution >= 4 is 15.9 Å².